The highest BCUT2D eigenvalue weighted by atomic mass is 16.2. The largest absolute Gasteiger partial charge is 0.344 e. The van der Waals surface area contributed by atoms with Gasteiger partial charge in [0.1, 0.15) is 12.1 Å². The van der Waals surface area contributed by atoms with Crippen LogP contribution in [0.25, 0.3) is 0 Å². The van der Waals surface area contributed by atoms with Gasteiger partial charge in [0, 0.05) is 38.5 Å². The van der Waals surface area contributed by atoms with E-state index in [0.29, 0.717) is 57.7 Å². The van der Waals surface area contributed by atoms with E-state index >= 15 is 0 Å². The summed E-state index contributed by atoms with van der Waals surface area (Å²) in [7, 11) is 0. The van der Waals surface area contributed by atoms with Gasteiger partial charge < -0.3 is 20.4 Å². The van der Waals surface area contributed by atoms with Crippen LogP contribution in [0.4, 0.5) is 0 Å². The maximum absolute atomic E-state index is 13.7. The van der Waals surface area contributed by atoms with Crippen molar-refractivity contribution in [2.75, 3.05) is 19.6 Å². The van der Waals surface area contributed by atoms with Gasteiger partial charge >= 0.3 is 0 Å². The van der Waals surface area contributed by atoms with Crippen molar-refractivity contribution in [2.45, 2.75) is 90.3 Å². The Kier molecular flexibility index (Phi) is 9.44. The van der Waals surface area contributed by atoms with E-state index in [1.807, 2.05) is 40.1 Å². The zero-order valence-electron chi connectivity index (χ0n) is 23.2. The van der Waals surface area contributed by atoms with Crippen LogP contribution in [0.2, 0.25) is 0 Å². The molecule has 3 saturated heterocycles. The fourth-order valence-electron chi connectivity index (χ4n) is 6.33. The molecule has 2 bridgehead atoms. The van der Waals surface area contributed by atoms with Gasteiger partial charge in [0.2, 0.25) is 23.6 Å². The molecule has 208 valence electrons. The molecule has 3 fully saturated rings. The summed E-state index contributed by atoms with van der Waals surface area (Å²) in [5.74, 6) is 0.632. The Bertz CT molecular complexity index is 997. The normalized spacial score (nSPS) is 28.6. The molecule has 8 heteroatoms. The van der Waals surface area contributed by atoms with Crippen LogP contribution < -0.4 is 10.6 Å². The van der Waals surface area contributed by atoms with E-state index in [-0.39, 0.29) is 41.5 Å². The van der Waals surface area contributed by atoms with E-state index in [1.165, 1.54) is 0 Å². The molecule has 1 aromatic rings. The minimum atomic E-state index is -0.681. The maximum Gasteiger partial charge on any atom is 0.245 e. The summed E-state index contributed by atoms with van der Waals surface area (Å²) in [4.78, 5) is 56.6. The zero-order valence-corrected chi connectivity index (χ0v) is 23.2. The Labute approximate surface area is 226 Å². The predicted molar refractivity (Wildman–Crippen MR) is 146 cm³/mol. The number of nitrogens with one attached hydrogen (secondary N) is 2. The summed E-state index contributed by atoms with van der Waals surface area (Å²) in [5, 5.41) is 5.82. The molecule has 0 radical (unpaired) electrons. The molecule has 8 nitrogen and oxygen atoms in total. The van der Waals surface area contributed by atoms with Gasteiger partial charge in [-0.1, -0.05) is 44.2 Å². The van der Waals surface area contributed by atoms with Crippen molar-refractivity contribution in [2.24, 2.45) is 17.8 Å². The number of piperidine rings is 2. The molecule has 4 amide bonds. The van der Waals surface area contributed by atoms with Gasteiger partial charge in [-0.2, -0.15) is 0 Å². The average Bonchev–Trinajstić information content (AvgIpc) is 2.89. The lowest BCUT2D eigenvalue weighted by Gasteiger charge is -2.51. The molecular formula is C30H44N4O4. The number of rotatable bonds is 6. The van der Waals surface area contributed by atoms with Crippen molar-refractivity contribution in [3.63, 3.8) is 0 Å². The number of carbonyl (C=O) groups is 4. The van der Waals surface area contributed by atoms with Crippen molar-refractivity contribution in [1.29, 1.82) is 0 Å². The molecule has 4 rings (SSSR count). The summed E-state index contributed by atoms with van der Waals surface area (Å²) in [6.45, 7) is 7.95. The molecule has 5 atom stereocenters. The Hall–Kier alpha value is -2.90. The van der Waals surface area contributed by atoms with E-state index < -0.39 is 12.1 Å². The van der Waals surface area contributed by atoms with Crippen LogP contribution in [0.15, 0.2) is 30.3 Å². The number of likely N-dealkylation sites (tertiary alicyclic amines) is 1. The zero-order chi connectivity index (χ0) is 27.2. The Balaban J connectivity index is 1.45. The molecule has 0 aromatic heterocycles. The van der Waals surface area contributed by atoms with Crippen LogP contribution in [-0.4, -0.2) is 71.2 Å². The van der Waals surface area contributed by atoms with E-state index in [2.05, 4.69) is 24.5 Å². The SMILES string of the molecule is CC(C)CCC(=O)N1C[C@@H]2C[C@H](C1)[C@@H]1CCCC(=O)N[C@@H](CCc3ccccc3)C(=O)N[C@H](C)C(=O)N1C2. The van der Waals surface area contributed by atoms with Crippen LogP contribution in [0.5, 0.6) is 0 Å². The second-order valence-corrected chi connectivity index (χ2v) is 11.9. The van der Waals surface area contributed by atoms with Crippen molar-refractivity contribution < 1.29 is 19.2 Å². The van der Waals surface area contributed by atoms with Crippen LogP contribution >= 0.6 is 0 Å². The number of fused-ring (bicyclic) bond motifs is 4. The highest BCUT2D eigenvalue weighted by Crippen LogP contribution is 2.36. The van der Waals surface area contributed by atoms with Gasteiger partial charge in [-0.05, 0) is 68.8 Å². The molecule has 1 aromatic carbocycles. The first-order chi connectivity index (χ1) is 18.2. The van der Waals surface area contributed by atoms with Crippen LogP contribution in [0, 0.1) is 17.8 Å². The lowest BCUT2D eigenvalue weighted by atomic mass is 9.77. The van der Waals surface area contributed by atoms with Gasteiger partial charge in [-0.15, -0.1) is 0 Å². The van der Waals surface area contributed by atoms with Gasteiger partial charge in [0.05, 0.1) is 0 Å². The average molecular weight is 525 g/mol. The molecule has 0 saturated carbocycles. The molecule has 3 aliphatic heterocycles. The second-order valence-electron chi connectivity index (χ2n) is 11.9. The minimum Gasteiger partial charge on any atom is -0.344 e. The summed E-state index contributed by atoms with van der Waals surface area (Å²) in [6, 6.07) is 8.50. The fourth-order valence-corrected chi connectivity index (χ4v) is 6.33. The smallest absolute Gasteiger partial charge is 0.245 e. The molecule has 38 heavy (non-hydrogen) atoms. The van der Waals surface area contributed by atoms with Crippen molar-refractivity contribution >= 4 is 23.6 Å². The first kappa shape index (κ1) is 28.1. The summed E-state index contributed by atoms with van der Waals surface area (Å²) in [5.41, 5.74) is 1.10. The Morgan fingerprint density at radius 1 is 1.05 bits per heavy atom. The van der Waals surface area contributed by atoms with Crippen molar-refractivity contribution in [3.05, 3.63) is 35.9 Å². The van der Waals surface area contributed by atoms with Gasteiger partial charge in [0.25, 0.3) is 0 Å². The third-order valence-electron chi connectivity index (χ3n) is 8.39. The topological polar surface area (TPSA) is 98.8 Å². The third kappa shape index (κ3) is 7.14. The molecule has 0 unspecified atom stereocenters. The number of carbonyl (C=O) groups excluding carboxylic acids is 4. The monoisotopic (exact) mass is 524 g/mol. The maximum atomic E-state index is 13.7. The number of nitrogens with zero attached hydrogens (tertiary/aromatic N) is 2. The molecule has 3 aliphatic rings. The van der Waals surface area contributed by atoms with Crippen molar-refractivity contribution in [3.8, 4) is 0 Å². The molecule has 3 heterocycles. The lowest BCUT2D eigenvalue weighted by Crippen LogP contribution is -2.63. The van der Waals surface area contributed by atoms with Gasteiger partial charge in [-0.25, -0.2) is 0 Å². The molecule has 2 N–H and O–H groups in total. The molecular weight excluding hydrogens is 480 g/mol. The standard InChI is InChI=1S/C30H44N4O4/c1-20(2)12-15-28(36)33-17-23-16-24(19-33)26-10-7-11-27(35)32-25(14-13-22-8-5-4-6-9-22)29(37)31-21(3)30(38)34(26)18-23/h4-6,8-9,20-21,23-26H,7,10-19H2,1-3H3,(H,31,37)(H,32,35)/t21-,23+,24-,25+,26+/m1/s1. The second kappa shape index (κ2) is 12.8. The number of benzene rings is 1. The summed E-state index contributed by atoms with van der Waals surface area (Å²) >= 11 is 0. The highest BCUT2D eigenvalue weighted by Gasteiger charge is 2.44. The summed E-state index contributed by atoms with van der Waals surface area (Å²) in [6.07, 6.45) is 5.26. The Morgan fingerprint density at radius 2 is 1.82 bits per heavy atom. The molecule has 0 spiro atoms. The number of hydrogen-bond acceptors (Lipinski definition) is 4. The van der Waals surface area contributed by atoms with Crippen LogP contribution in [0.1, 0.15) is 71.3 Å². The van der Waals surface area contributed by atoms with E-state index in [1.54, 1.807) is 6.92 Å². The van der Waals surface area contributed by atoms with E-state index in [0.717, 1.165) is 24.8 Å². The highest BCUT2D eigenvalue weighted by molar-refractivity contribution is 5.92. The van der Waals surface area contributed by atoms with Gasteiger partial charge in [0.15, 0.2) is 0 Å². The third-order valence-corrected chi connectivity index (χ3v) is 8.39. The number of amides is 4. The fraction of sp³-hybridized carbons (Fsp3) is 0.667. The van der Waals surface area contributed by atoms with E-state index in [9.17, 15) is 19.2 Å². The van der Waals surface area contributed by atoms with Gasteiger partial charge in [-0.3, -0.25) is 19.2 Å². The van der Waals surface area contributed by atoms with E-state index in [4.69, 9.17) is 0 Å². The first-order valence-corrected chi connectivity index (χ1v) is 14.4. The Morgan fingerprint density at radius 3 is 2.55 bits per heavy atom. The van der Waals surface area contributed by atoms with Crippen molar-refractivity contribution in [1.82, 2.24) is 20.4 Å². The quantitative estimate of drug-likeness (QED) is 0.598. The molecule has 0 aliphatic carbocycles. The first-order valence-electron chi connectivity index (χ1n) is 14.4. The number of aryl methyl sites for hydroxylation is 1. The number of hydrogen-bond donors (Lipinski definition) is 2. The minimum absolute atomic E-state index is 0.0279. The van der Waals surface area contributed by atoms with Crippen LogP contribution in [0.3, 0.4) is 0 Å². The predicted octanol–water partition coefficient (Wildman–Crippen LogP) is 2.90. The van der Waals surface area contributed by atoms with Crippen LogP contribution in [-0.2, 0) is 25.6 Å². The lowest BCUT2D eigenvalue weighted by molar-refractivity contribution is -0.148. The summed E-state index contributed by atoms with van der Waals surface area (Å²) < 4.78 is 0.